The molecule has 0 atom stereocenters. The average molecular weight is 436 g/mol. The summed E-state index contributed by atoms with van der Waals surface area (Å²) in [6, 6.07) is 10.1. The fourth-order valence-corrected chi connectivity index (χ4v) is 4.69. The molecule has 3 aromatic rings. The second-order valence-electron chi connectivity index (χ2n) is 6.15. The Bertz CT molecular complexity index is 1140. The number of benzene rings is 2. The maximum absolute atomic E-state index is 12.4. The highest BCUT2D eigenvalue weighted by atomic mass is 32.2. The molecule has 154 valence electrons. The van der Waals surface area contributed by atoms with Crippen LogP contribution in [-0.2, 0) is 14.8 Å². The quantitative estimate of drug-likeness (QED) is 0.563. The molecule has 0 radical (unpaired) electrons. The van der Waals surface area contributed by atoms with E-state index in [-0.39, 0.29) is 23.8 Å². The molecule has 29 heavy (non-hydrogen) atoms. The first-order valence-corrected chi connectivity index (χ1v) is 11.0. The van der Waals surface area contributed by atoms with Gasteiger partial charge in [0.05, 0.1) is 29.3 Å². The van der Waals surface area contributed by atoms with Gasteiger partial charge in [-0.15, -0.1) is 0 Å². The molecule has 1 amide bonds. The van der Waals surface area contributed by atoms with Gasteiger partial charge in [-0.1, -0.05) is 23.5 Å². The molecular weight excluding hydrogens is 414 g/mol. The smallest absolute Gasteiger partial charge is 0.240 e. The molecule has 0 saturated heterocycles. The summed E-state index contributed by atoms with van der Waals surface area (Å²) in [4.78, 5) is 16.6. The first kappa shape index (κ1) is 21.0. The lowest BCUT2D eigenvalue weighted by Gasteiger charge is -2.11. The summed E-state index contributed by atoms with van der Waals surface area (Å²) < 4.78 is 38.5. The SMILES string of the molecule is COc1ccc(S(=O)(=O)NCCC(=O)Nc2nc3c(C)cccc3s2)cc1OC. The minimum absolute atomic E-state index is 0.0252. The lowest BCUT2D eigenvalue weighted by molar-refractivity contribution is -0.116. The second kappa shape index (κ2) is 8.76. The zero-order valence-corrected chi connectivity index (χ0v) is 17.8. The molecule has 0 unspecified atom stereocenters. The van der Waals surface area contributed by atoms with Gasteiger partial charge in [0.25, 0.3) is 0 Å². The number of carbonyl (C=O) groups excluding carboxylic acids is 1. The molecule has 0 saturated carbocycles. The fraction of sp³-hybridized carbons (Fsp3) is 0.263. The number of hydrogen-bond donors (Lipinski definition) is 2. The van der Waals surface area contributed by atoms with Crippen LogP contribution >= 0.6 is 11.3 Å². The first-order valence-electron chi connectivity index (χ1n) is 8.72. The lowest BCUT2D eigenvalue weighted by atomic mass is 10.2. The van der Waals surface area contributed by atoms with Crippen molar-refractivity contribution in [1.82, 2.24) is 9.71 Å². The van der Waals surface area contributed by atoms with Crippen LogP contribution in [-0.4, -0.2) is 40.1 Å². The first-order chi connectivity index (χ1) is 13.8. The van der Waals surface area contributed by atoms with E-state index in [1.54, 1.807) is 0 Å². The molecule has 1 aromatic heterocycles. The van der Waals surface area contributed by atoms with Crippen molar-refractivity contribution < 1.29 is 22.7 Å². The van der Waals surface area contributed by atoms with Crippen molar-refractivity contribution in [2.75, 3.05) is 26.1 Å². The third kappa shape index (κ3) is 4.84. The minimum atomic E-state index is -3.79. The molecule has 0 aliphatic carbocycles. The zero-order valence-electron chi connectivity index (χ0n) is 16.2. The summed E-state index contributed by atoms with van der Waals surface area (Å²) in [5.74, 6) is 0.410. The average Bonchev–Trinajstić information content (AvgIpc) is 3.11. The van der Waals surface area contributed by atoms with Gasteiger partial charge in [-0.2, -0.15) is 0 Å². The molecule has 0 aliphatic rings. The third-order valence-corrected chi connectivity index (χ3v) is 6.57. The number of fused-ring (bicyclic) bond motifs is 1. The van der Waals surface area contributed by atoms with E-state index < -0.39 is 10.0 Å². The Balaban J connectivity index is 1.59. The predicted molar refractivity (Wildman–Crippen MR) is 112 cm³/mol. The number of anilines is 1. The Kier molecular flexibility index (Phi) is 6.36. The van der Waals surface area contributed by atoms with Gasteiger partial charge in [-0.3, -0.25) is 4.79 Å². The highest BCUT2D eigenvalue weighted by molar-refractivity contribution is 7.89. The maximum atomic E-state index is 12.4. The summed E-state index contributed by atoms with van der Waals surface area (Å²) in [7, 11) is -0.897. The Labute approximate surface area is 172 Å². The van der Waals surface area contributed by atoms with Crippen LogP contribution < -0.4 is 19.5 Å². The number of thiazole rings is 1. The molecule has 8 nitrogen and oxygen atoms in total. The number of para-hydroxylation sites is 1. The maximum Gasteiger partial charge on any atom is 0.240 e. The minimum Gasteiger partial charge on any atom is -0.493 e. The fourth-order valence-electron chi connectivity index (χ4n) is 2.69. The summed E-state index contributed by atoms with van der Waals surface area (Å²) in [5.41, 5.74) is 1.88. The summed E-state index contributed by atoms with van der Waals surface area (Å²) in [6.07, 6.45) is -0.0264. The molecule has 0 fully saturated rings. The van der Waals surface area contributed by atoms with Gasteiger partial charge < -0.3 is 14.8 Å². The van der Waals surface area contributed by atoms with Gasteiger partial charge in [0, 0.05) is 19.0 Å². The van der Waals surface area contributed by atoms with Crippen LogP contribution in [0.3, 0.4) is 0 Å². The van der Waals surface area contributed by atoms with Crippen molar-refractivity contribution in [3.05, 3.63) is 42.0 Å². The van der Waals surface area contributed by atoms with Crippen LogP contribution in [0.4, 0.5) is 5.13 Å². The molecule has 2 aromatic carbocycles. The van der Waals surface area contributed by atoms with E-state index >= 15 is 0 Å². The molecule has 2 N–H and O–H groups in total. The topological polar surface area (TPSA) is 107 Å². The number of aromatic nitrogens is 1. The van der Waals surface area contributed by atoms with Gasteiger partial charge >= 0.3 is 0 Å². The number of ether oxygens (including phenoxy) is 2. The highest BCUT2D eigenvalue weighted by Crippen LogP contribution is 2.29. The normalized spacial score (nSPS) is 11.4. The molecular formula is C19H21N3O5S2. The van der Waals surface area contributed by atoms with Gasteiger partial charge in [0.2, 0.25) is 15.9 Å². The predicted octanol–water partition coefficient (Wildman–Crippen LogP) is 2.93. The van der Waals surface area contributed by atoms with Crippen molar-refractivity contribution in [3.8, 4) is 11.5 Å². The van der Waals surface area contributed by atoms with Crippen LogP contribution in [0, 0.1) is 6.92 Å². The Morgan fingerprint density at radius 3 is 2.59 bits per heavy atom. The van der Waals surface area contributed by atoms with E-state index in [0.717, 1.165) is 15.8 Å². The number of nitrogens with zero attached hydrogens (tertiary/aromatic N) is 1. The molecule has 0 bridgehead atoms. The van der Waals surface area contributed by atoms with Crippen molar-refractivity contribution in [2.45, 2.75) is 18.2 Å². The van der Waals surface area contributed by atoms with Crippen molar-refractivity contribution in [3.63, 3.8) is 0 Å². The lowest BCUT2D eigenvalue weighted by Crippen LogP contribution is -2.27. The van der Waals surface area contributed by atoms with Crippen LogP contribution in [0.2, 0.25) is 0 Å². The third-order valence-electron chi connectivity index (χ3n) is 4.18. The molecule has 0 aliphatic heterocycles. The van der Waals surface area contributed by atoms with E-state index in [4.69, 9.17) is 9.47 Å². The largest absolute Gasteiger partial charge is 0.493 e. The number of carbonyl (C=O) groups is 1. The van der Waals surface area contributed by atoms with Crippen molar-refractivity contribution >= 4 is 42.6 Å². The van der Waals surface area contributed by atoms with E-state index in [1.165, 1.54) is 43.8 Å². The Morgan fingerprint density at radius 2 is 1.90 bits per heavy atom. The van der Waals surface area contributed by atoms with Crippen LogP contribution in [0.25, 0.3) is 10.2 Å². The van der Waals surface area contributed by atoms with Crippen molar-refractivity contribution in [1.29, 1.82) is 0 Å². The van der Waals surface area contributed by atoms with Crippen LogP contribution in [0.1, 0.15) is 12.0 Å². The molecule has 1 heterocycles. The van der Waals surface area contributed by atoms with Crippen molar-refractivity contribution in [2.24, 2.45) is 0 Å². The van der Waals surface area contributed by atoms with Gasteiger partial charge in [-0.05, 0) is 30.7 Å². The Hall–Kier alpha value is -2.69. The zero-order chi connectivity index (χ0) is 21.0. The Morgan fingerprint density at radius 1 is 1.14 bits per heavy atom. The second-order valence-corrected chi connectivity index (χ2v) is 8.95. The number of amides is 1. The van der Waals surface area contributed by atoms with E-state index in [0.29, 0.717) is 16.6 Å². The number of hydrogen-bond acceptors (Lipinski definition) is 7. The number of nitrogens with one attached hydrogen (secondary N) is 2. The summed E-state index contributed by atoms with van der Waals surface area (Å²) >= 11 is 1.38. The van der Waals surface area contributed by atoms with E-state index in [2.05, 4.69) is 15.0 Å². The highest BCUT2D eigenvalue weighted by Gasteiger charge is 2.17. The standard InChI is InChI=1S/C19H21N3O5S2/c1-12-5-4-6-16-18(12)22-19(28-16)21-17(23)9-10-20-29(24,25)13-7-8-14(26-2)15(11-13)27-3/h4-8,11,20H,9-10H2,1-3H3,(H,21,22,23). The van der Waals surface area contributed by atoms with E-state index in [1.807, 2.05) is 25.1 Å². The van der Waals surface area contributed by atoms with E-state index in [9.17, 15) is 13.2 Å². The van der Waals surface area contributed by atoms with Gasteiger partial charge in [-0.25, -0.2) is 18.1 Å². The number of aryl methyl sites for hydroxylation is 1. The number of methoxy groups -OCH3 is 2. The monoisotopic (exact) mass is 435 g/mol. The van der Waals surface area contributed by atoms with Gasteiger partial charge in [0.15, 0.2) is 16.6 Å². The number of sulfonamides is 1. The van der Waals surface area contributed by atoms with Gasteiger partial charge in [0.1, 0.15) is 0 Å². The summed E-state index contributed by atoms with van der Waals surface area (Å²) in [5, 5.41) is 3.20. The molecule has 0 spiro atoms. The summed E-state index contributed by atoms with van der Waals surface area (Å²) in [6.45, 7) is 1.91. The van der Waals surface area contributed by atoms with Crippen LogP contribution in [0.15, 0.2) is 41.3 Å². The van der Waals surface area contributed by atoms with Crippen LogP contribution in [0.5, 0.6) is 11.5 Å². The molecule has 3 rings (SSSR count). The number of rotatable bonds is 8. The molecule has 10 heteroatoms.